The average molecular weight is 110 g/mol. The van der Waals surface area contributed by atoms with Crippen LogP contribution in [0.5, 0.6) is 0 Å². The van der Waals surface area contributed by atoms with E-state index >= 15 is 0 Å². The predicted molar refractivity (Wildman–Crippen MR) is 30.4 cm³/mol. The van der Waals surface area contributed by atoms with E-state index in [2.05, 4.69) is 12.1 Å². The third-order valence-corrected chi connectivity index (χ3v) is 1.25. The molecule has 0 unspecified atom stereocenters. The Kier molecular flexibility index (Phi) is 1.08. The maximum absolute atomic E-state index is 4.73. The Bertz CT molecular complexity index is 171. The smallest absolute Gasteiger partial charge is 0.140 e. The number of rotatable bonds is 0. The Hall–Kier alpha value is -0.790. The van der Waals surface area contributed by atoms with Crippen LogP contribution >= 0.6 is 0 Å². The monoisotopic (exact) mass is 110 g/mol. The molecule has 1 rings (SSSR count). The van der Waals surface area contributed by atoms with E-state index in [1.54, 1.807) is 0 Å². The Balaban J connectivity index is 3.19. The minimum Gasteiger partial charge on any atom is -0.361 e. The molecule has 0 aromatic carbocycles. The van der Waals surface area contributed by atoms with Crippen molar-refractivity contribution in [3.05, 3.63) is 23.9 Å². The maximum atomic E-state index is 4.73. The second-order valence-electron chi connectivity index (χ2n) is 1.82. The van der Waals surface area contributed by atoms with Crippen LogP contribution in [0.2, 0.25) is 0 Å². The molecule has 2 nitrogen and oxygen atoms in total. The van der Waals surface area contributed by atoms with Crippen LogP contribution in [0.4, 0.5) is 0 Å². The molecule has 1 aromatic rings. The first-order chi connectivity index (χ1) is 3.72. The van der Waals surface area contributed by atoms with E-state index in [-0.39, 0.29) is 0 Å². The Morgan fingerprint density at radius 1 is 1.50 bits per heavy atom. The van der Waals surface area contributed by atoms with Crippen molar-refractivity contribution in [3.63, 3.8) is 0 Å². The van der Waals surface area contributed by atoms with Gasteiger partial charge in [0.25, 0.3) is 0 Å². The van der Waals surface area contributed by atoms with Crippen LogP contribution in [-0.2, 0) is 0 Å². The van der Waals surface area contributed by atoms with Crippen LogP contribution in [0.15, 0.2) is 4.52 Å². The zero-order valence-electron chi connectivity index (χ0n) is 5.06. The number of aromatic nitrogens is 1. The summed E-state index contributed by atoms with van der Waals surface area (Å²) < 4.78 is 4.73. The van der Waals surface area contributed by atoms with Crippen molar-refractivity contribution in [1.29, 1.82) is 0 Å². The largest absolute Gasteiger partial charge is 0.361 e. The van der Waals surface area contributed by atoms with E-state index in [4.69, 9.17) is 4.52 Å². The second-order valence-corrected chi connectivity index (χ2v) is 1.82. The van der Waals surface area contributed by atoms with Gasteiger partial charge in [-0.05, 0) is 13.8 Å². The first-order valence-corrected chi connectivity index (χ1v) is 2.46. The fourth-order valence-corrected chi connectivity index (χ4v) is 0.462. The zero-order chi connectivity index (χ0) is 6.15. The lowest BCUT2D eigenvalue weighted by Gasteiger charge is -1.80. The maximum Gasteiger partial charge on any atom is 0.140 e. The number of nitrogens with zero attached hydrogens (tertiary/aromatic N) is 1. The second kappa shape index (κ2) is 1.62. The SMILES string of the molecule is [CH2]c1onc(C)c1C. The van der Waals surface area contributed by atoms with E-state index in [0.29, 0.717) is 5.76 Å². The molecule has 1 heterocycles. The third kappa shape index (κ3) is 0.619. The van der Waals surface area contributed by atoms with E-state index in [0.717, 1.165) is 11.3 Å². The molecule has 0 atom stereocenters. The molecule has 1 aromatic heterocycles. The molecule has 0 N–H and O–H groups in total. The van der Waals surface area contributed by atoms with Gasteiger partial charge in [0, 0.05) is 12.5 Å². The molecular weight excluding hydrogens is 102 g/mol. The van der Waals surface area contributed by atoms with Crippen LogP contribution in [0, 0.1) is 20.8 Å². The van der Waals surface area contributed by atoms with Crippen molar-refractivity contribution in [2.75, 3.05) is 0 Å². The van der Waals surface area contributed by atoms with Crippen molar-refractivity contribution in [2.45, 2.75) is 13.8 Å². The average Bonchev–Trinajstić information content (AvgIpc) is 1.98. The summed E-state index contributed by atoms with van der Waals surface area (Å²) in [6.45, 7) is 7.45. The lowest BCUT2D eigenvalue weighted by atomic mass is 10.2. The van der Waals surface area contributed by atoms with E-state index in [1.165, 1.54) is 0 Å². The number of hydrogen-bond donors (Lipinski definition) is 0. The van der Waals surface area contributed by atoms with Crippen molar-refractivity contribution < 1.29 is 4.52 Å². The van der Waals surface area contributed by atoms with Crippen LogP contribution in [0.1, 0.15) is 17.0 Å². The molecule has 0 bridgehead atoms. The molecule has 0 aliphatic carbocycles. The van der Waals surface area contributed by atoms with Gasteiger partial charge >= 0.3 is 0 Å². The summed E-state index contributed by atoms with van der Waals surface area (Å²) in [5.74, 6) is 0.669. The number of aryl methyl sites for hydroxylation is 1. The molecule has 0 aliphatic heterocycles. The molecular formula is C6H8NO. The Morgan fingerprint density at radius 3 is 2.25 bits per heavy atom. The van der Waals surface area contributed by atoms with Crippen LogP contribution in [0.3, 0.4) is 0 Å². The van der Waals surface area contributed by atoms with Gasteiger partial charge in [0.15, 0.2) is 0 Å². The van der Waals surface area contributed by atoms with Gasteiger partial charge in [-0.15, -0.1) is 0 Å². The fraction of sp³-hybridized carbons (Fsp3) is 0.333. The molecule has 0 fully saturated rings. The van der Waals surface area contributed by atoms with Gasteiger partial charge in [0.1, 0.15) is 5.76 Å². The lowest BCUT2D eigenvalue weighted by molar-refractivity contribution is 0.402. The molecule has 0 amide bonds. The third-order valence-electron chi connectivity index (χ3n) is 1.25. The lowest BCUT2D eigenvalue weighted by Crippen LogP contribution is -1.73. The normalized spacial score (nSPS) is 9.88. The summed E-state index contributed by atoms with van der Waals surface area (Å²) in [7, 11) is 0. The summed E-state index contributed by atoms with van der Waals surface area (Å²) >= 11 is 0. The molecule has 0 spiro atoms. The minimum atomic E-state index is 0.669. The van der Waals surface area contributed by atoms with Gasteiger partial charge in [-0.3, -0.25) is 0 Å². The highest BCUT2D eigenvalue weighted by Gasteiger charge is 2.00. The summed E-state index contributed by atoms with van der Waals surface area (Å²) in [6, 6.07) is 0. The molecule has 0 saturated heterocycles. The van der Waals surface area contributed by atoms with Crippen molar-refractivity contribution >= 4 is 0 Å². The number of hydrogen-bond acceptors (Lipinski definition) is 2. The zero-order valence-corrected chi connectivity index (χ0v) is 5.06. The van der Waals surface area contributed by atoms with E-state index in [9.17, 15) is 0 Å². The van der Waals surface area contributed by atoms with Crippen LogP contribution in [0.25, 0.3) is 0 Å². The van der Waals surface area contributed by atoms with Crippen molar-refractivity contribution in [3.8, 4) is 0 Å². The topological polar surface area (TPSA) is 26.0 Å². The molecule has 8 heavy (non-hydrogen) atoms. The van der Waals surface area contributed by atoms with Gasteiger partial charge in [0.2, 0.25) is 0 Å². The highest BCUT2D eigenvalue weighted by molar-refractivity contribution is 5.21. The Labute approximate surface area is 48.5 Å². The van der Waals surface area contributed by atoms with E-state index < -0.39 is 0 Å². The van der Waals surface area contributed by atoms with Gasteiger partial charge < -0.3 is 4.52 Å². The first-order valence-electron chi connectivity index (χ1n) is 2.46. The van der Waals surface area contributed by atoms with Gasteiger partial charge in [0.05, 0.1) is 5.69 Å². The summed E-state index contributed by atoms with van der Waals surface area (Å²) in [6.07, 6.45) is 0. The highest BCUT2D eigenvalue weighted by Crippen LogP contribution is 2.08. The predicted octanol–water partition coefficient (Wildman–Crippen LogP) is 1.47. The quantitative estimate of drug-likeness (QED) is 0.505. The highest BCUT2D eigenvalue weighted by atomic mass is 16.5. The summed E-state index contributed by atoms with van der Waals surface area (Å²) in [4.78, 5) is 0. The van der Waals surface area contributed by atoms with Gasteiger partial charge in [-0.1, -0.05) is 5.16 Å². The molecule has 2 heteroatoms. The first kappa shape index (κ1) is 5.35. The molecule has 0 saturated carbocycles. The summed E-state index contributed by atoms with van der Waals surface area (Å²) in [5, 5.41) is 3.68. The fourth-order valence-electron chi connectivity index (χ4n) is 0.462. The van der Waals surface area contributed by atoms with Crippen LogP contribution in [-0.4, -0.2) is 5.16 Å². The van der Waals surface area contributed by atoms with Gasteiger partial charge in [-0.2, -0.15) is 0 Å². The Morgan fingerprint density at radius 2 is 2.12 bits per heavy atom. The van der Waals surface area contributed by atoms with Gasteiger partial charge in [-0.25, -0.2) is 0 Å². The summed E-state index contributed by atoms with van der Waals surface area (Å²) in [5.41, 5.74) is 1.97. The van der Waals surface area contributed by atoms with Crippen molar-refractivity contribution in [2.24, 2.45) is 0 Å². The molecule has 43 valence electrons. The minimum absolute atomic E-state index is 0.669. The molecule has 1 radical (unpaired) electrons. The molecule has 0 aliphatic rings. The standard InChI is InChI=1S/C6H8NO/c1-4-5(2)7-8-6(4)3/h3H2,1-2H3. The van der Waals surface area contributed by atoms with Crippen molar-refractivity contribution in [1.82, 2.24) is 5.16 Å². The van der Waals surface area contributed by atoms with E-state index in [1.807, 2.05) is 13.8 Å². The van der Waals surface area contributed by atoms with Crippen LogP contribution < -0.4 is 0 Å².